The summed E-state index contributed by atoms with van der Waals surface area (Å²) in [5.41, 5.74) is -1.76. The summed E-state index contributed by atoms with van der Waals surface area (Å²) in [7, 11) is -1.93. The lowest BCUT2D eigenvalue weighted by atomic mass is 9.79. The summed E-state index contributed by atoms with van der Waals surface area (Å²) >= 11 is 0. The predicted molar refractivity (Wildman–Crippen MR) is 207 cm³/mol. The summed E-state index contributed by atoms with van der Waals surface area (Å²) < 4.78 is 110. The van der Waals surface area contributed by atoms with Gasteiger partial charge in [-0.25, -0.2) is 27.8 Å². The average Bonchev–Trinajstić information content (AvgIpc) is 3.50. The molecule has 3 amide bonds. The third-order valence-corrected chi connectivity index (χ3v) is 12.0. The van der Waals surface area contributed by atoms with Gasteiger partial charge >= 0.3 is 30.3 Å². The summed E-state index contributed by atoms with van der Waals surface area (Å²) in [4.78, 5) is 53.0. The molecule has 0 saturated carbocycles. The Morgan fingerprint density at radius 3 is 2.03 bits per heavy atom. The van der Waals surface area contributed by atoms with Crippen molar-refractivity contribution in [2.24, 2.45) is 11.8 Å². The molecule has 24 heteroatoms. The Hall–Kier alpha value is -6.35. The van der Waals surface area contributed by atoms with Crippen LogP contribution in [0, 0.1) is 23.2 Å². The normalized spacial score (nSPS) is 18.1. The van der Waals surface area contributed by atoms with E-state index in [4.69, 9.17) is 34.0 Å². The lowest BCUT2D eigenvalue weighted by Crippen LogP contribution is -2.58. The molecule has 0 spiro atoms. The number of benzene rings is 2. The van der Waals surface area contributed by atoms with Crippen molar-refractivity contribution in [1.29, 1.82) is 5.26 Å². The van der Waals surface area contributed by atoms with E-state index in [1.54, 1.807) is 24.0 Å². The lowest BCUT2D eigenvalue weighted by Gasteiger charge is -2.39. The maximum absolute atomic E-state index is 15.1. The van der Waals surface area contributed by atoms with E-state index >= 15 is 4.79 Å². The van der Waals surface area contributed by atoms with Crippen LogP contribution in [0.15, 0.2) is 59.6 Å². The quantitative estimate of drug-likeness (QED) is 0.206. The van der Waals surface area contributed by atoms with E-state index in [1.165, 1.54) is 56.8 Å². The molecule has 2 aromatic carbocycles. The van der Waals surface area contributed by atoms with Gasteiger partial charge in [0.25, 0.3) is 15.9 Å². The number of halogens is 6. The minimum absolute atomic E-state index is 0.0295. The van der Waals surface area contributed by atoms with Crippen molar-refractivity contribution in [2.45, 2.75) is 55.4 Å². The standard InChI is InChI=1S/C35H40N6O7S.2C2HF3O2/c1-4-48-32-27(6-5-15-38-32)35(39-34(43)40-18-13-25(14-19-40)24-11-16-37-17-12-24)28-20-23(22-36)7-9-29(28)41(33(35)42)49(44,45)31-10-8-26(46-2)21-30(31)47-3;2*3-2(4,5)1(6)7/h5-10,15,20-21,24-25,37H,4,11-14,16-19H2,1-3H3,(H,39,43);2*(H,6,7). The van der Waals surface area contributed by atoms with E-state index in [1.807, 2.05) is 0 Å². The number of carbonyl (C=O) groups is 4. The van der Waals surface area contributed by atoms with Gasteiger partial charge < -0.3 is 40.0 Å². The van der Waals surface area contributed by atoms with Crippen molar-refractivity contribution < 1.29 is 78.4 Å². The number of amides is 3. The number of carboxylic acid groups (broad SMARTS) is 2. The highest BCUT2D eigenvalue weighted by Gasteiger charge is 2.59. The maximum atomic E-state index is 15.1. The molecule has 17 nitrogen and oxygen atoms in total. The van der Waals surface area contributed by atoms with Crippen LogP contribution in [0.4, 0.5) is 36.8 Å². The Kier molecular flexibility index (Phi) is 15.8. The number of likely N-dealkylation sites (tertiary alicyclic amines) is 1. The van der Waals surface area contributed by atoms with Crippen molar-refractivity contribution in [3.8, 4) is 23.4 Å². The maximum Gasteiger partial charge on any atom is 0.490 e. The van der Waals surface area contributed by atoms with Gasteiger partial charge in [-0.2, -0.15) is 35.9 Å². The molecular formula is C39H42F6N6O11S. The number of pyridine rings is 1. The van der Waals surface area contributed by atoms with Gasteiger partial charge in [0.05, 0.1) is 43.7 Å². The number of nitriles is 1. The third kappa shape index (κ3) is 11.0. The van der Waals surface area contributed by atoms with E-state index in [0.717, 1.165) is 38.8 Å². The molecule has 342 valence electrons. The molecule has 0 radical (unpaired) electrons. The van der Waals surface area contributed by atoms with Gasteiger partial charge in [0, 0.05) is 30.9 Å². The fraction of sp³-hybridized carbons (Fsp3) is 0.436. The number of carboxylic acids is 2. The SMILES string of the molecule is CCOc1ncccc1C1(NC(=O)N2CCC(C3CCNCC3)CC2)C(=O)N(S(=O)(=O)c2ccc(OC)cc2OC)c2ccc(C#N)cc21.O=C(O)C(F)(F)F.O=C(O)C(F)(F)F. The molecule has 1 aromatic heterocycles. The molecule has 3 aliphatic rings. The first kappa shape index (κ1) is 49.3. The Morgan fingerprint density at radius 1 is 0.921 bits per heavy atom. The second-order valence-electron chi connectivity index (χ2n) is 13.9. The van der Waals surface area contributed by atoms with Gasteiger partial charge in [0.15, 0.2) is 5.54 Å². The molecule has 6 rings (SSSR count). The molecule has 63 heavy (non-hydrogen) atoms. The van der Waals surface area contributed by atoms with Crippen molar-refractivity contribution in [1.82, 2.24) is 20.5 Å². The smallest absolute Gasteiger partial charge is 0.490 e. The minimum Gasteiger partial charge on any atom is -0.497 e. The number of nitrogens with zero attached hydrogens (tertiary/aromatic N) is 4. The van der Waals surface area contributed by atoms with E-state index < -0.39 is 51.8 Å². The molecule has 3 aromatic rings. The molecule has 2 fully saturated rings. The number of nitrogens with one attached hydrogen (secondary N) is 2. The highest BCUT2D eigenvalue weighted by molar-refractivity contribution is 7.93. The number of ether oxygens (including phenoxy) is 3. The van der Waals surface area contributed by atoms with Gasteiger partial charge in [0.2, 0.25) is 5.88 Å². The fourth-order valence-corrected chi connectivity index (χ4v) is 8.90. The summed E-state index contributed by atoms with van der Waals surface area (Å²) in [6.07, 6.45) is -4.82. The molecule has 4 N–H and O–H groups in total. The van der Waals surface area contributed by atoms with Crippen molar-refractivity contribution in [3.05, 3.63) is 71.4 Å². The van der Waals surface area contributed by atoms with Crippen LogP contribution < -0.4 is 29.1 Å². The molecule has 1 unspecified atom stereocenters. The Morgan fingerprint density at radius 2 is 1.51 bits per heavy atom. The fourth-order valence-electron chi connectivity index (χ4n) is 7.29. The van der Waals surface area contributed by atoms with Crippen molar-refractivity contribution in [3.63, 3.8) is 0 Å². The van der Waals surface area contributed by atoms with E-state index in [9.17, 15) is 44.8 Å². The van der Waals surface area contributed by atoms with Gasteiger partial charge in [0.1, 0.15) is 16.4 Å². The molecule has 4 heterocycles. The van der Waals surface area contributed by atoms with Crippen LogP contribution in [0.25, 0.3) is 0 Å². The van der Waals surface area contributed by atoms with Crippen LogP contribution in [-0.2, 0) is 29.9 Å². The number of hydrogen-bond acceptors (Lipinski definition) is 12. The number of sulfonamides is 1. The minimum atomic E-state index is -5.08. The van der Waals surface area contributed by atoms with Crippen molar-refractivity contribution in [2.75, 3.05) is 51.3 Å². The van der Waals surface area contributed by atoms with Gasteiger partial charge in [-0.1, -0.05) is 0 Å². The van der Waals surface area contributed by atoms with Gasteiger partial charge in [-0.15, -0.1) is 0 Å². The first-order valence-corrected chi connectivity index (χ1v) is 20.3. The number of hydrogen-bond donors (Lipinski definition) is 4. The summed E-state index contributed by atoms with van der Waals surface area (Å²) in [6, 6.07) is 13.1. The lowest BCUT2D eigenvalue weighted by molar-refractivity contribution is -0.193. The predicted octanol–water partition coefficient (Wildman–Crippen LogP) is 5.04. The topological polar surface area (TPSA) is 238 Å². The average molecular weight is 917 g/mol. The molecule has 3 aliphatic heterocycles. The van der Waals surface area contributed by atoms with Gasteiger partial charge in [-0.05, 0) is 100.0 Å². The Bertz CT molecular complexity index is 2290. The number of rotatable bonds is 9. The van der Waals surface area contributed by atoms with Crippen LogP contribution in [0.2, 0.25) is 0 Å². The highest BCUT2D eigenvalue weighted by atomic mass is 32.2. The Labute approximate surface area is 356 Å². The number of carbonyl (C=O) groups excluding carboxylic acids is 2. The van der Waals surface area contributed by atoms with Crippen LogP contribution >= 0.6 is 0 Å². The van der Waals surface area contributed by atoms with E-state index in [2.05, 4.69) is 21.7 Å². The summed E-state index contributed by atoms with van der Waals surface area (Å²) in [6.45, 7) is 4.88. The highest BCUT2D eigenvalue weighted by Crippen LogP contribution is 2.50. The second kappa shape index (κ2) is 20.2. The zero-order valence-electron chi connectivity index (χ0n) is 33.7. The number of aliphatic carboxylic acids is 2. The molecule has 0 bridgehead atoms. The summed E-state index contributed by atoms with van der Waals surface area (Å²) in [5.74, 6) is -5.06. The summed E-state index contributed by atoms with van der Waals surface area (Å²) in [5, 5.41) is 30.6. The molecule has 0 aliphatic carbocycles. The number of urea groups is 1. The second-order valence-corrected chi connectivity index (χ2v) is 15.7. The first-order chi connectivity index (χ1) is 29.6. The molecule has 2 saturated heterocycles. The zero-order chi connectivity index (χ0) is 46.9. The molecular weight excluding hydrogens is 875 g/mol. The number of methoxy groups -OCH3 is 2. The van der Waals surface area contributed by atoms with Crippen LogP contribution in [0.5, 0.6) is 17.4 Å². The van der Waals surface area contributed by atoms with Crippen LogP contribution in [-0.4, -0.2) is 112 Å². The largest absolute Gasteiger partial charge is 0.497 e. The first-order valence-electron chi connectivity index (χ1n) is 18.9. The number of anilines is 1. The number of aromatic nitrogens is 1. The van der Waals surface area contributed by atoms with E-state index in [-0.39, 0.29) is 45.5 Å². The number of piperidine rings is 2. The van der Waals surface area contributed by atoms with Gasteiger partial charge in [-0.3, -0.25) is 4.79 Å². The Balaban J connectivity index is 0.000000537. The third-order valence-electron chi connectivity index (χ3n) is 10.3. The molecule has 1 atom stereocenters. The van der Waals surface area contributed by atoms with Crippen LogP contribution in [0.3, 0.4) is 0 Å². The zero-order valence-corrected chi connectivity index (χ0v) is 34.6. The number of alkyl halides is 6. The van der Waals surface area contributed by atoms with E-state index in [0.29, 0.717) is 35.0 Å². The number of fused-ring (bicyclic) bond motifs is 1. The van der Waals surface area contributed by atoms with Crippen LogP contribution in [0.1, 0.15) is 49.3 Å². The monoisotopic (exact) mass is 916 g/mol. The van der Waals surface area contributed by atoms with Crippen molar-refractivity contribution >= 4 is 39.6 Å².